The Bertz CT molecular complexity index is 448. The van der Waals surface area contributed by atoms with Crippen molar-refractivity contribution in [3.63, 3.8) is 0 Å². The molecule has 2 unspecified atom stereocenters. The molecule has 2 aromatic carbocycles. The van der Waals surface area contributed by atoms with Crippen molar-refractivity contribution >= 4 is 0 Å². The van der Waals surface area contributed by atoms with Gasteiger partial charge in [0.05, 0.1) is 0 Å². The summed E-state index contributed by atoms with van der Waals surface area (Å²) in [5, 5.41) is 0. The number of hydrogen-bond donors (Lipinski definition) is 2. The summed E-state index contributed by atoms with van der Waals surface area (Å²) in [6.07, 6.45) is 5.08. The number of hydrogen-bond acceptors (Lipinski definition) is 2. The van der Waals surface area contributed by atoms with E-state index in [0.29, 0.717) is 0 Å². The van der Waals surface area contributed by atoms with Gasteiger partial charge in [-0.3, -0.25) is 0 Å². The minimum atomic E-state index is 0.233. The molecule has 0 amide bonds. The van der Waals surface area contributed by atoms with E-state index in [4.69, 9.17) is 11.5 Å². The molecule has 0 radical (unpaired) electrons. The van der Waals surface area contributed by atoms with E-state index in [2.05, 4.69) is 48.5 Å². The molecule has 0 aromatic heterocycles. The van der Waals surface area contributed by atoms with Crippen LogP contribution in [0.5, 0.6) is 0 Å². The zero-order chi connectivity index (χ0) is 14.9. The van der Waals surface area contributed by atoms with Crippen molar-refractivity contribution in [3.8, 4) is 0 Å². The van der Waals surface area contributed by atoms with Crippen LogP contribution in [0.25, 0.3) is 0 Å². The summed E-state index contributed by atoms with van der Waals surface area (Å²) in [6.45, 7) is 0. The molecule has 0 bridgehead atoms. The van der Waals surface area contributed by atoms with Gasteiger partial charge in [-0.05, 0) is 36.8 Å². The highest BCUT2D eigenvalue weighted by atomic mass is 14.6. The molecule has 0 aliphatic rings. The summed E-state index contributed by atoms with van der Waals surface area (Å²) < 4.78 is 0. The van der Waals surface area contributed by atoms with E-state index in [1.165, 1.54) is 11.1 Å². The lowest BCUT2D eigenvalue weighted by Crippen LogP contribution is -2.26. The molecule has 0 saturated carbocycles. The van der Waals surface area contributed by atoms with Crippen LogP contribution in [0.4, 0.5) is 0 Å². The van der Waals surface area contributed by atoms with Gasteiger partial charge < -0.3 is 11.5 Å². The SMILES string of the molecule is NC(CCCC(N)Cc1ccccc1)Cc1ccccc1. The van der Waals surface area contributed by atoms with E-state index in [0.717, 1.165) is 32.1 Å². The van der Waals surface area contributed by atoms with Crippen molar-refractivity contribution in [3.05, 3.63) is 71.8 Å². The fourth-order valence-corrected chi connectivity index (χ4v) is 2.68. The minimum Gasteiger partial charge on any atom is -0.327 e. The molecule has 2 rings (SSSR count). The quantitative estimate of drug-likeness (QED) is 0.780. The molecule has 2 heteroatoms. The molecule has 2 aromatic rings. The van der Waals surface area contributed by atoms with Crippen molar-refractivity contribution in [1.29, 1.82) is 0 Å². The first kappa shape index (κ1) is 15.7. The van der Waals surface area contributed by atoms with Crippen molar-refractivity contribution in [2.24, 2.45) is 11.5 Å². The van der Waals surface area contributed by atoms with Gasteiger partial charge in [-0.15, -0.1) is 0 Å². The highest BCUT2D eigenvalue weighted by Crippen LogP contribution is 2.10. The second kappa shape index (κ2) is 8.60. The average Bonchev–Trinajstić information content (AvgIpc) is 2.49. The molecule has 0 heterocycles. The first-order chi connectivity index (χ1) is 10.2. The first-order valence-corrected chi connectivity index (χ1v) is 7.83. The third-order valence-electron chi connectivity index (χ3n) is 3.83. The fraction of sp³-hybridized carbons (Fsp3) is 0.368. The molecule has 0 spiro atoms. The second-order valence-electron chi connectivity index (χ2n) is 5.83. The standard InChI is InChI=1S/C19H26N2/c20-18(14-16-8-3-1-4-9-16)12-7-13-19(21)15-17-10-5-2-6-11-17/h1-6,8-11,18-19H,7,12-15,20-21H2. The third-order valence-corrected chi connectivity index (χ3v) is 3.83. The lowest BCUT2D eigenvalue weighted by atomic mass is 9.98. The Kier molecular flexibility index (Phi) is 6.45. The van der Waals surface area contributed by atoms with Gasteiger partial charge in [-0.1, -0.05) is 67.1 Å². The molecule has 0 aliphatic heterocycles. The monoisotopic (exact) mass is 282 g/mol. The average molecular weight is 282 g/mol. The number of nitrogens with two attached hydrogens (primary N) is 2. The molecular formula is C19H26N2. The lowest BCUT2D eigenvalue weighted by Gasteiger charge is -2.15. The summed E-state index contributed by atoms with van der Waals surface area (Å²) in [6, 6.07) is 21.4. The van der Waals surface area contributed by atoms with Gasteiger partial charge in [-0.25, -0.2) is 0 Å². The first-order valence-electron chi connectivity index (χ1n) is 7.83. The maximum atomic E-state index is 6.20. The van der Waals surface area contributed by atoms with Gasteiger partial charge in [0.15, 0.2) is 0 Å². The van der Waals surface area contributed by atoms with E-state index < -0.39 is 0 Å². The second-order valence-corrected chi connectivity index (χ2v) is 5.83. The molecule has 0 fully saturated rings. The van der Waals surface area contributed by atoms with Crippen LogP contribution in [0.3, 0.4) is 0 Å². The van der Waals surface area contributed by atoms with Crippen molar-refractivity contribution < 1.29 is 0 Å². The van der Waals surface area contributed by atoms with Crippen LogP contribution in [0, 0.1) is 0 Å². The Morgan fingerprint density at radius 3 is 1.38 bits per heavy atom. The van der Waals surface area contributed by atoms with E-state index in [1.54, 1.807) is 0 Å². The van der Waals surface area contributed by atoms with E-state index >= 15 is 0 Å². The largest absolute Gasteiger partial charge is 0.327 e. The van der Waals surface area contributed by atoms with Crippen LogP contribution in [-0.4, -0.2) is 12.1 Å². The van der Waals surface area contributed by atoms with Crippen LogP contribution in [-0.2, 0) is 12.8 Å². The molecule has 21 heavy (non-hydrogen) atoms. The Labute approximate surface area is 128 Å². The maximum Gasteiger partial charge on any atom is 0.00793 e. The summed E-state index contributed by atoms with van der Waals surface area (Å²) >= 11 is 0. The smallest absolute Gasteiger partial charge is 0.00793 e. The Hall–Kier alpha value is -1.64. The van der Waals surface area contributed by atoms with Gasteiger partial charge in [0, 0.05) is 12.1 Å². The van der Waals surface area contributed by atoms with Gasteiger partial charge >= 0.3 is 0 Å². The molecule has 2 atom stereocenters. The van der Waals surface area contributed by atoms with Crippen LogP contribution >= 0.6 is 0 Å². The molecule has 0 saturated heterocycles. The van der Waals surface area contributed by atoms with Gasteiger partial charge in [0.25, 0.3) is 0 Å². The highest BCUT2D eigenvalue weighted by molar-refractivity contribution is 5.16. The van der Waals surface area contributed by atoms with Crippen molar-refractivity contribution in [2.75, 3.05) is 0 Å². The Morgan fingerprint density at radius 2 is 1.00 bits per heavy atom. The minimum absolute atomic E-state index is 0.233. The van der Waals surface area contributed by atoms with Gasteiger partial charge in [0.1, 0.15) is 0 Å². The molecule has 4 N–H and O–H groups in total. The molecular weight excluding hydrogens is 256 g/mol. The van der Waals surface area contributed by atoms with E-state index in [-0.39, 0.29) is 12.1 Å². The summed E-state index contributed by atoms with van der Waals surface area (Å²) in [4.78, 5) is 0. The predicted octanol–water partition coefficient (Wildman–Crippen LogP) is 3.30. The normalized spacial score (nSPS) is 13.8. The molecule has 112 valence electrons. The topological polar surface area (TPSA) is 52.0 Å². The zero-order valence-electron chi connectivity index (χ0n) is 12.6. The summed E-state index contributed by atoms with van der Waals surface area (Å²) in [5.74, 6) is 0. The summed E-state index contributed by atoms with van der Waals surface area (Å²) in [7, 11) is 0. The Morgan fingerprint density at radius 1 is 0.619 bits per heavy atom. The zero-order valence-corrected chi connectivity index (χ0v) is 12.6. The van der Waals surface area contributed by atoms with Crippen molar-refractivity contribution in [1.82, 2.24) is 0 Å². The van der Waals surface area contributed by atoms with Crippen LogP contribution < -0.4 is 11.5 Å². The number of benzene rings is 2. The predicted molar refractivity (Wildman–Crippen MR) is 90.1 cm³/mol. The molecule has 2 nitrogen and oxygen atoms in total. The summed E-state index contributed by atoms with van der Waals surface area (Å²) in [5.41, 5.74) is 15.0. The fourth-order valence-electron chi connectivity index (χ4n) is 2.68. The third kappa shape index (κ3) is 6.11. The Balaban J connectivity index is 1.64. The maximum absolute atomic E-state index is 6.20. The lowest BCUT2D eigenvalue weighted by molar-refractivity contribution is 0.513. The van der Waals surface area contributed by atoms with Crippen LogP contribution in [0.2, 0.25) is 0 Å². The van der Waals surface area contributed by atoms with E-state index in [1.807, 2.05) is 12.1 Å². The van der Waals surface area contributed by atoms with Crippen LogP contribution in [0.1, 0.15) is 30.4 Å². The van der Waals surface area contributed by atoms with Crippen LogP contribution in [0.15, 0.2) is 60.7 Å². The number of rotatable bonds is 8. The molecule has 0 aliphatic carbocycles. The van der Waals surface area contributed by atoms with Gasteiger partial charge in [0.2, 0.25) is 0 Å². The van der Waals surface area contributed by atoms with Gasteiger partial charge in [-0.2, -0.15) is 0 Å². The highest BCUT2D eigenvalue weighted by Gasteiger charge is 2.07. The van der Waals surface area contributed by atoms with Crippen molar-refractivity contribution in [2.45, 2.75) is 44.2 Å². The van der Waals surface area contributed by atoms with E-state index in [9.17, 15) is 0 Å².